The zero-order chi connectivity index (χ0) is 9.19. The normalized spacial score (nSPS) is 24.3. The van der Waals surface area contributed by atoms with E-state index in [1.165, 1.54) is 19.0 Å². The molecule has 0 aliphatic carbocycles. The quantitative estimate of drug-likeness (QED) is 0.594. The fraction of sp³-hybridized carbons (Fsp3) is 0.800. The van der Waals surface area contributed by atoms with Gasteiger partial charge in [0.05, 0.1) is 0 Å². The molecule has 0 saturated heterocycles. The number of rotatable bonds is 2. The number of hydrogen-bond acceptors (Lipinski definition) is 0. The Hall–Kier alpha value is 0.340. The van der Waals surface area contributed by atoms with Gasteiger partial charge >= 0.3 is 0 Å². The fourth-order valence-corrected chi connectivity index (χ4v) is 4.62. The first-order valence-electron chi connectivity index (χ1n) is 4.71. The van der Waals surface area contributed by atoms with Crippen molar-refractivity contribution in [2.45, 2.75) is 45.7 Å². The highest BCUT2D eigenvalue weighted by atomic mass is 31.1. The lowest BCUT2D eigenvalue weighted by Gasteiger charge is -2.25. The van der Waals surface area contributed by atoms with E-state index >= 15 is 0 Å². The summed E-state index contributed by atoms with van der Waals surface area (Å²) in [5.74, 6) is 0. The van der Waals surface area contributed by atoms with Gasteiger partial charge in [-0.2, -0.15) is 0 Å². The maximum Gasteiger partial charge on any atom is 0.0144 e. The Morgan fingerprint density at radius 2 is 1.75 bits per heavy atom. The van der Waals surface area contributed by atoms with Crippen LogP contribution in [0.2, 0.25) is 0 Å². The summed E-state index contributed by atoms with van der Waals surface area (Å²) >= 11 is 0. The van der Waals surface area contributed by atoms with Gasteiger partial charge in [0, 0.05) is 11.3 Å². The van der Waals surface area contributed by atoms with Crippen molar-refractivity contribution in [3.63, 3.8) is 0 Å². The van der Waals surface area contributed by atoms with Crippen molar-refractivity contribution in [2.75, 3.05) is 6.16 Å². The van der Waals surface area contributed by atoms with Crippen molar-refractivity contribution in [1.29, 1.82) is 0 Å². The molecule has 2 heteroatoms. The largest absolute Gasteiger partial charge is 0.0991 e. The smallest absolute Gasteiger partial charge is 0.0144 e. The van der Waals surface area contributed by atoms with Gasteiger partial charge in [-0.3, -0.25) is 0 Å². The van der Waals surface area contributed by atoms with E-state index in [1.54, 1.807) is 27.0 Å². The predicted octanol–water partition coefficient (Wildman–Crippen LogP) is 3.84. The van der Waals surface area contributed by atoms with Crippen LogP contribution in [-0.2, 0) is 0 Å². The zero-order valence-corrected chi connectivity index (χ0v) is 10.3. The van der Waals surface area contributed by atoms with E-state index in [2.05, 4.69) is 27.7 Å². The summed E-state index contributed by atoms with van der Waals surface area (Å²) in [7, 11) is 3.18. The van der Waals surface area contributed by atoms with Gasteiger partial charge in [0.2, 0.25) is 0 Å². The summed E-state index contributed by atoms with van der Waals surface area (Å²) < 4.78 is 0. The Balaban J connectivity index is 2.86. The minimum absolute atomic E-state index is 0.533. The minimum Gasteiger partial charge on any atom is -0.0991 e. The van der Waals surface area contributed by atoms with Gasteiger partial charge in [0.15, 0.2) is 0 Å². The monoisotopic (exact) mass is 200 g/mol. The lowest BCUT2D eigenvalue weighted by molar-refractivity contribution is 0.814. The molecule has 0 radical (unpaired) electrons. The first-order valence-corrected chi connectivity index (χ1v) is 6.69. The molecular weight excluding hydrogens is 182 g/mol. The highest BCUT2D eigenvalue weighted by Crippen LogP contribution is 2.35. The molecule has 0 saturated carbocycles. The average Bonchev–Trinajstić information content (AvgIpc) is 2.03. The molecule has 1 aliphatic heterocycles. The summed E-state index contributed by atoms with van der Waals surface area (Å²) in [5, 5.41) is 3.94. The van der Waals surface area contributed by atoms with E-state index < -0.39 is 0 Å². The standard InChI is InChI=1S/C10H18P2/c1-5-8-9(6-2)12-10(3,4)7-11-8/h5-7H2,1-4H3. The molecule has 68 valence electrons. The SMILES string of the molecule is CCC1=PCC(C)(C)P=C1CC. The molecule has 0 unspecified atom stereocenters. The molecular formula is C10H18P2. The van der Waals surface area contributed by atoms with E-state index in [1.807, 2.05) is 0 Å². The zero-order valence-electron chi connectivity index (χ0n) is 8.52. The second kappa shape index (κ2) is 4.03. The van der Waals surface area contributed by atoms with Crippen LogP contribution in [-0.4, -0.2) is 21.9 Å². The maximum absolute atomic E-state index is 2.38. The first kappa shape index (κ1) is 10.4. The van der Waals surface area contributed by atoms with Gasteiger partial charge in [0.1, 0.15) is 0 Å². The van der Waals surface area contributed by atoms with Gasteiger partial charge in [-0.15, -0.1) is 0 Å². The van der Waals surface area contributed by atoms with Crippen LogP contribution >= 0.6 is 16.4 Å². The molecule has 0 atom stereocenters. The molecule has 0 spiro atoms. The Morgan fingerprint density at radius 1 is 1.17 bits per heavy atom. The average molecular weight is 200 g/mol. The third kappa shape index (κ3) is 2.41. The lowest BCUT2D eigenvalue weighted by Crippen LogP contribution is -2.22. The minimum atomic E-state index is 0.533. The third-order valence-corrected chi connectivity index (χ3v) is 6.06. The molecule has 0 aromatic rings. The highest BCUT2D eigenvalue weighted by molar-refractivity contribution is 7.57. The molecule has 0 nitrogen and oxygen atoms in total. The van der Waals surface area contributed by atoms with E-state index in [9.17, 15) is 0 Å². The summed E-state index contributed by atoms with van der Waals surface area (Å²) in [4.78, 5) is 0. The lowest BCUT2D eigenvalue weighted by atomic mass is 10.2. The van der Waals surface area contributed by atoms with Gasteiger partial charge < -0.3 is 0 Å². The van der Waals surface area contributed by atoms with Crippen molar-refractivity contribution < 1.29 is 0 Å². The Morgan fingerprint density at radius 3 is 2.25 bits per heavy atom. The summed E-state index contributed by atoms with van der Waals surface area (Å²) in [6.45, 7) is 9.33. The van der Waals surface area contributed by atoms with Crippen molar-refractivity contribution in [3.05, 3.63) is 0 Å². The topological polar surface area (TPSA) is 0 Å². The van der Waals surface area contributed by atoms with E-state index in [0.29, 0.717) is 5.16 Å². The Labute approximate surface area is 79.4 Å². The molecule has 1 heterocycles. The third-order valence-electron chi connectivity index (χ3n) is 2.10. The van der Waals surface area contributed by atoms with E-state index in [4.69, 9.17) is 0 Å². The van der Waals surface area contributed by atoms with Crippen molar-refractivity contribution in [3.8, 4) is 0 Å². The highest BCUT2D eigenvalue weighted by Gasteiger charge is 2.20. The maximum atomic E-state index is 2.38. The van der Waals surface area contributed by atoms with E-state index in [-0.39, 0.29) is 0 Å². The Kier molecular flexibility index (Phi) is 3.50. The van der Waals surface area contributed by atoms with Crippen molar-refractivity contribution in [2.24, 2.45) is 0 Å². The molecule has 0 bridgehead atoms. The molecule has 0 aromatic heterocycles. The van der Waals surface area contributed by atoms with Crippen LogP contribution in [0, 0.1) is 0 Å². The van der Waals surface area contributed by atoms with Crippen LogP contribution in [0.1, 0.15) is 40.5 Å². The molecule has 0 fully saturated rings. The summed E-state index contributed by atoms with van der Waals surface area (Å²) in [6.07, 6.45) is 3.86. The molecule has 1 aliphatic rings. The van der Waals surface area contributed by atoms with Crippen molar-refractivity contribution in [1.82, 2.24) is 0 Å². The van der Waals surface area contributed by atoms with E-state index in [0.717, 1.165) is 0 Å². The summed E-state index contributed by atoms with van der Waals surface area (Å²) in [5.41, 5.74) is 0. The molecule has 12 heavy (non-hydrogen) atoms. The number of hydrogen-bond donors (Lipinski definition) is 0. The van der Waals surface area contributed by atoms with Crippen LogP contribution in [0.15, 0.2) is 0 Å². The van der Waals surface area contributed by atoms with Crippen molar-refractivity contribution >= 4 is 27.0 Å². The predicted molar refractivity (Wildman–Crippen MR) is 63.4 cm³/mol. The second-order valence-corrected chi connectivity index (χ2v) is 6.99. The second-order valence-electron chi connectivity index (χ2n) is 3.84. The summed E-state index contributed by atoms with van der Waals surface area (Å²) in [6, 6.07) is 0. The van der Waals surface area contributed by atoms with Crippen LogP contribution in [0.25, 0.3) is 0 Å². The van der Waals surface area contributed by atoms with Gasteiger partial charge in [-0.1, -0.05) is 44.1 Å². The van der Waals surface area contributed by atoms with Crippen LogP contribution in [0.3, 0.4) is 0 Å². The molecule has 1 rings (SSSR count). The van der Waals surface area contributed by atoms with Crippen LogP contribution in [0.5, 0.6) is 0 Å². The Bertz CT molecular complexity index is 224. The van der Waals surface area contributed by atoms with Crippen LogP contribution in [0.4, 0.5) is 0 Å². The van der Waals surface area contributed by atoms with Gasteiger partial charge in [-0.05, 0) is 23.4 Å². The molecule has 0 amide bonds. The molecule has 0 aromatic carbocycles. The fourth-order valence-electron chi connectivity index (χ4n) is 1.44. The van der Waals surface area contributed by atoms with Gasteiger partial charge in [0.25, 0.3) is 0 Å². The molecule has 0 N–H and O–H groups in total. The van der Waals surface area contributed by atoms with Crippen LogP contribution < -0.4 is 0 Å². The first-order chi connectivity index (χ1) is 5.59. The van der Waals surface area contributed by atoms with Gasteiger partial charge in [-0.25, -0.2) is 0 Å².